The van der Waals surface area contributed by atoms with Gasteiger partial charge >= 0.3 is 5.97 Å². The highest BCUT2D eigenvalue weighted by atomic mass is 32.2. The number of thioether (sulfide) groups is 1. The molecule has 4 unspecified atom stereocenters. The maximum absolute atomic E-state index is 10.5. The number of carboxylic acids is 1. The summed E-state index contributed by atoms with van der Waals surface area (Å²) in [6, 6.07) is 0. The molecule has 5 heteroatoms. The Kier molecular flexibility index (Phi) is 7.93. The first-order valence-corrected chi connectivity index (χ1v) is 11.4. The Morgan fingerprint density at radius 1 is 1.00 bits per heavy atom. The van der Waals surface area contributed by atoms with E-state index in [9.17, 15) is 4.79 Å². The summed E-state index contributed by atoms with van der Waals surface area (Å²) >= 11 is 2.21. The number of rotatable bonds is 11. The van der Waals surface area contributed by atoms with E-state index < -0.39 is 5.97 Å². The van der Waals surface area contributed by atoms with E-state index in [0.29, 0.717) is 31.2 Å². The van der Waals surface area contributed by atoms with E-state index in [2.05, 4.69) is 11.8 Å². The predicted molar refractivity (Wildman–Crippen MR) is 101 cm³/mol. The van der Waals surface area contributed by atoms with Gasteiger partial charge in [-0.15, -0.1) is 0 Å². The van der Waals surface area contributed by atoms with Crippen LogP contribution >= 0.6 is 11.8 Å². The van der Waals surface area contributed by atoms with Crippen molar-refractivity contribution in [3.63, 3.8) is 0 Å². The molecule has 3 rings (SSSR count). The molecule has 2 aliphatic heterocycles. The summed E-state index contributed by atoms with van der Waals surface area (Å²) in [6.45, 7) is 1.32. The fraction of sp³-hybridized carbons (Fsp3) is 0.950. The summed E-state index contributed by atoms with van der Waals surface area (Å²) in [5, 5.41) is 9.56. The summed E-state index contributed by atoms with van der Waals surface area (Å²) in [7, 11) is 0. The van der Waals surface area contributed by atoms with Gasteiger partial charge in [-0.2, -0.15) is 11.8 Å². The number of hydrogen-bond donors (Lipinski definition) is 1. The van der Waals surface area contributed by atoms with Gasteiger partial charge in [-0.1, -0.05) is 19.3 Å². The Balaban J connectivity index is 1.33. The third-order valence-corrected chi connectivity index (χ3v) is 7.64. The zero-order valence-electron chi connectivity index (χ0n) is 15.4. The second kappa shape index (κ2) is 10.2. The van der Waals surface area contributed by atoms with Crippen molar-refractivity contribution in [3.8, 4) is 0 Å². The van der Waals surface area contributed by atoms with Gasteiger partial charge < -0.3 is 14.6 Å². The molecular formula is C20H34O4S. The third kappa shape index (κ3) is 5.86. The number of fused-ring (bicyclic) bond motifs is 2. The highest BCUT2D eigenvalue weighted by Gasteiger charge is 2.47. The molecule has 0 aromatic carbocycles. The van der Waals surface area contributed by atoms with Crippen molar-refractivity contribution in [2.75, 3.05) is 19.0 Å². The molecule has 1 saturated carbocycles. The monoisotopic (exact) mass is 370 g/mol. The molecule has 25 heavy (non-hydrogen) atoms. The van der Waals surface area contributed by atoms with Crippen molar-refractivity contribution in [2.45, 2.75) is 88.1 Å². The topological polar surface area (TPSA) is 55.8 Å². The van der Waals surface area contributed by atoms with Crippen molar-refractivity contribution in [3.05, 3.63) is 0 Å². The first-order chi connectivity index (χ1) is 12.2. The lowest BCUT2D eigenvalue weighted by molar-refractivity contribution is -0.137. The van der Waals surface area contributed by atoms with Gasteiger partial charge in [-0.3, -0.25) is 4.79 Å². The average Bonchev–Trinajstić information content (AvgIpc) is 3.21. The summed E-state index contributed by atoms with van der Waals surface area (Å²) in [4.78, 5) is 10.5. The van der Waals surface area contributed by atoms with Crippen molar-refractivity contribution in [1.29, 1.82) is 0 Å². The Hall–Kier alpha value is -0.260. The van der Waals surface area contributed by atoms with E-state index in [1.807, 2.05) is 0 Å². The molecule has 0 aromatic rings. The van der Waals surface area contributed by atoms with Crippen LogP contribution in [0.1, 0.15) is 70.6 Å². The lowest BCUT2D eigenvalue weighted by Gasteiger charge is -2.29. The normalized spacial score (nSPS) is 32.3. The molecule has 0 radical (unpaired) electrons. The van der Waals surface area contributed by atoms with E-state index in [-0.39, 0.29) is 6.42 Å². The average molecular weight is 371 g/mol. The molecule has 0 amide bonds. The number of carboxylic acid groups (broad SMARTS) is 1. The van der Waals surface area contributed by atoms with Crippen LogP contribution in [0.3, 0.4) is 0 Å². The second-order valence-corrected chi connectivity index (χ2v) is 9.34. The number of carbonyl (C=O) groups is 1. The van der Waals surface area contributed by atoms with Gasteiger partial charge in [-0.25, -0.2) is 0 Å². The van der Waals surface area contributed by atoms with Gasteiger partial charge in [0.05, 0.1) is 12.2 Å². The number of aliphatic carboxylic acids is 1. The Labute approximate surface area is 156 Å². The van der Waals surface area contributed by atoms with E-state index in [1.165, 1.54) is 57.1 Å². The molecule has 3 aliphatic rings. The van der Waals surface area contributed by atoms with Crippen LogP contribution in [0.4, 0.5) is 0 Å². The largest absolute Gasteiger partial charge is 0.481 e. The van der Waals surface area contributed by atoms with Gasteiger partial charge in [0.2, 0.25) is 0 Å². The molecule has 2 saturated heterocycles. The number of ether oxygens (including phenoxy) is 2. The Morgan fingerprint density at radius 2 is 1.72 bits per heavy atom. The summed E-state index contributed by atoms with van der Waals surface area (Å²) in [6.07, 6.45) is 13.8. The van der Waals surface area contributed by atoms with Crippen LogP contribution in [-0.4, -0.2) is 47.5 Å². The fourth-order valence-electron chi connectivity index (χ4n) is 4.92. The van der Waals surface area contributed by atoms with Crippen LogP contribution in [0, 0.1) is 11.8 Å². The smallest absolute Gasteiger partial charge is 0.303 e. The van der Waals surface area contributed by atoms with Crippen molar-refractivity contribution >= 4 is 17.7 Å². The second-order valence-electron chi connectivity index (χ2n) is 7.94. The van der Waals surface area contributed by atoms with Crippen LogP contribution < -0.4 is 0 Å². The molecule has 4 nitrogen and oxygen atoms in total. The van der Waals surface area contributed by atoms with Crippen molar-refractivity contribution < 1.29 is 19.4 Å². The molecule has 1 aliphatic carbocycles. The molecule has 4 atom stereocenters. The van der Waals surface area contributed by atoms with E-state index in [1.54, 1.807) is 0 Å². The molecule has 144 valence electrons. The summed E-state index contributed by atoms with van der Waals surface area (Å²) in [5.74, 6) is 1.93. The van der Waals surface area contributed by atoms with Crippen LogP contribution in [-0.2, 0) is 14.3 Å². The molecule has 1 N–H and O–H groups in total. The van der Waals surface area contributed by atoms with E-state index in [0.717, 1.165) is 24.2 Å². The third-order valence-electron chi connectivity index (χ3n) is 6.22. The van der Waals surface area contributed by atoms with Crippen LogP contribution in [0.25, 0.3) is 0 Å². The lowest BCUT2D eigenvalue weighted by atomic mass is 9.76. The Bertz CT molecular complexity index is 411. The standard InChI is InChI=1S/C20H34O4S/c21-20(22)7-4-12-23-13-10-16-17(19-9-8-18(16)24-19)11-14-25-15-5-2-1-3-6-15/h15-19H,1-14H2,(H,21,22). The minimum Gasteiger partial charge on any atom is -0.481 e. The highest BCUT2D eigenvalue weighted by Crippen LogP contribution is 2.47. The van der Waals surface area contributed by atoms with Gasteiger partial charge in [-0.05, 0) is 62.5 Å². The fourth-order valence-corrected chi connectivity index (χ4v) is 6.33. The number of hydrogen-bond acceptors (Lipinski definition) is 4. The van der Waals surface area contributed by atoms with Gasteiger partial charge in [0.25, 0.3) is 0 Å². The van der Waals surface area contributed by atoms with Gasteiger partial charge in [0.15, 0.2) is 0 Å². The molecule has 0 aromatic heterocycles. The maximum atomic E-state index is 10.5. The zero-order chi connectivity index (χ0) is 17.5. The van der Waals surface area contributed by atoms with E-state index in [4.69, 9.17) is 14.6 Å². The van der Waals surface area contributed by atoms with Gasteiger partial charge in [0.1, 0.15) is 0 Å². The first-order valence-electron chi connectivity index (χ1n) is 10.3. The molecule has 2 bridgehead atoms. The van der Waals surface area contributed by atoms with Crippen LogP contribution in [0.15, 0.2) is 0 Å². The summed E-state index contributed by atoms with van der Waals surface area (Å²) < 4.78 is 11.9. The minimum atomic E-state index is -0.736. The molecule has 3 fully saturated rings. The minimum absolute atomic E-state index is 0.207. The van der Waals surface area contributed by atoms with Crippen molar-refractivity contribution in [2.24, 2.45) is 11.8 Å². The quantitative estimate of drug-likeness (QED) is 0.542. The highest BCUT2D eigenvalue weighted by molar-refractivity contribution is 7.99. The van der Waals surface area contributed by atoms with E-state index >= 15 is 0 Å². The Morgan fingerprint density at radius 3 is 2.44 bits per heavy atom. The predicted octanol–water partition coefficient (Wildman–Crippen LogP) is 4.51. The maximum Gasteiger partial charge on any atom is 0.303 e. The van der Waals surface area contributed by atoms with Crippen LogP contribution in [0.5, 0.6) is 0 Å². The molecule has 0 spiro atoms. The molecule has 2 heterocycles. The van der Waals surface area contributed by atoms with Gasteiger partial charge in [0, 0.05) is 24.9 Å². The summed E-state index contributed by atoms with van der Waals surface area (Å²) in [5.41, 5.74) is 0. The van der Waals surface area contributed by atoms with Crippen molar-refractivity contribution in [1.82, 2.24) is 0 Å². The SMILES string of the molecule is O=C(O)CCCOCCC1C2CCC(O2)C1CCSC1CCCCC1. The molecular weight excluding hydrogens is 336 g/mol. The van der Waals surface area contributed by atoms with Crippen LogP contribution in [0.2, 0.25) is 0 Å². The first kappa shape index (κ1) is 19.5. The lowest BCUT2D eigenvalue weighted by Crippen LogP contribution is -2.29. The zero-order valence-corrected chi connectivity index (χ0v) is 16.2.